The molecule has 1 aromatic heterocycles. The molecule has 1 unspecified atom stereocenters. The Labute approximate surface area is 99.4 Å². The van der Waals surface area contributed by atoms with E-state index in [9.17, 15) is 9.50 Å². The summed E-state index contributed by atoms with van der Waals surface area (Å²) in [5.41, 5.74) is 1.45. The van der Waals surface area contributed by atoms with Gasteiger partial charge in [0.05, 0.1) is 18.7 Å². The van der Waals surface area contributed by atoms with Gasteiger partial charge in [-0.2, -0.15) is 0 Å². The number of fused-ring (bicyclic) bond motifs is 1. The Morgan fingerprint density at radius 3 is 2.76 bits per heavy atom. The summed E-state index contributed by atoms with van der Waals surface area (Å²) < 4.78 is 20.7. The molecule has 0 saturated carbocycles. The average molecular weight is 237 g/mol. The van der Waals surface area contributed by atoms with Crippen molar-refractivity contribution in [3.8, 4) is 5.75 Å². The summed E-state index contributed by atoms with van der Waals surface area (Å²) in [6, 6.07) is 3.15. The molecule has 1 N–H and O–H groups in total. The van der Waals surface area contributed by atoms with E-state index in [0.29, 0.717) is 17.9 Å². The zero-order chi connectivity index (χ0) is 12.6. The molecule has 3 nitrogen and oxygen atoms in total. The van der Waals surface area contributed by atoms with Crippen molar-refractivity contribution in [1.29, 1.82) is 0 Å². The molecular formula is C13H16FNO2. The molecule has 1 heterocycles. The first kappa shape index (κ1) is 11.9. The van der Waals surface area contributed by atoms with Crippen LogP contribution in [-0.2, 0) is 6.54 Å². The van der Waals surface area contributed by atoms with Crippen molar-refractivity contribution in [2.45, 2.75) is 26.5 Å². The highest BCUT2D eigenvalue weighted by Crippen LogP contribution is 2.32. The van der Waals surface area contributed by atoms with E-state index in [0.717, 1.165) is 10.9 Å². The third kappa shape index (κ3) is 2.00. The van der Waals surface area contributed by atoms with Crippen LogP contribution < -0.4 is 4.74 Å². The lowest BCUT2D eigenvalue weighted by molar-refractivity contribution is 0.175. The third-order valence-electron chi connectivity index (χ3n) is 2.89. The van der Waals surface area contributed by atoms with Gasteiger partial charge in [-0.1, -0.05) is 0 Å². The van der Waals surface area contributed by atoms with Crippen molar-refractivity contribution in [2.75, 3.05) is 7.11 Å². The number of rotatable bonds is 3. The summed E-state index contributed by atoms with van der Waals surface area (Å²) in [5.74, 6) is 0.392. The number of ether oxygens (including phenoxy) is 1. The average Bonchev–Trinajstić information content (AvgIpc) is 2.61. The maximum Gasteiger partial charge on any atom is 0.144 e. The lowest BCUT2D eigenvalue weighted by Crippen LogP contribution is -2.10. The van der Waals surface area contributed by atoms with Gasteiger partial charge in [0, 0.05) is 18.1 Å². The van der Waals surface area contributed by atoms with Gasteiger partial charge >= 0.3 is 0 Å². The Kier molecular flexibility index (Phi) is 3.07. The highest BCUT2D eigenvalue weighted by atomic mass is 19.1. The van der Waals surface area contributed by atoms with Crippen LogP contribution >= 0.6 is 0 Å². The zero-order valence-corrected chi connectivity index (χ0v) is 10.2. The molecule has 0 spiro atoms. The highest BCUT2D eigenvalue weighted by Gasteiger charge is 2.14. The van der Waals surface area contributed by atoms with Crippen LogP contribution in [0.5, 0.6) is 5.75 Å². The topological polar surface area (TPSA) is 34.4 Å². The van der Waals surface area contributed by atoms with E-state index >= 15 is 0 Å². The van der Waals surface area contributed by atoms with Crippen molar-refractivity contribution < 1.29 is 14.2 Å². The summed E-state index contributed by atoms with van der Waals surface area (Å²) in [7, 11) is 1.56. The molecule has 0 aliphatic rings. The normalized spacial score (nSPS) is 13.0. The number of aliphatic hydroxyl groups is 1. The number of aliphatic hydroxyl groups excluding tert-OH is 1. The van der Waals surface area contributed by atoms with Crippen molar-refractivity contribution >= 4 is 10.9 Å². The molecule has 0 fully saturated rings. The maximum atomic E-state index is 13.5. The number of benzene rings is 1. The lowest BCUT2D eigenvalue weighted by atomic mass is 10.1. The molecule has 1 aromatic carbocycles. The molecule has 0 bridgehead atoms. The summed E-state index contributed by atoms with van der Waals surface area (Å²) in [6.45, 7) is 3.91. The van der Waals surface area contributed by atoms with E-state index < -0.39 is 6.10 Å². The first-order valence-corrected chi connectivity index (χ1v) is 5.54. The van der Waals surface area contributed by atoms with Gasteiger partial charge in [-0.3, -0.25) is 0 Å². The second-order valence-corrected chi connectivity index (χ2v) is 4.27. The van der Waals surface area contributed by atoms with Crippen LogP contribution in [0.2, 0.25) is 0 Å². The van der Waals surface area contributed by atoms with E-state index in [4.69, 9.17) is 4.74 Å². The Hall–Kier alpha value is -1.55. The number of aromatic nitrogens is 1. The third-order valence-corrected chi connectivity index (χ3v) is 2.89. The molecule has 1 atom stereocenters. The summed E-state index contributed by atoms with van der Waals surface area (Å²) in [5, 5.41) is 10.2. The van der Waals surface area contributed by atoms with Gasteiger partial charge in [-0.05, 0) is 31.5 Å². The van der Waals surface area contributed by atoms with Crippen molar-refractivity contribution in [3.05, 3.63) is 29.7 Å². The standard InChI is InChI=1S/C13H16FNO2/c1-8(16)6-15-7-12(17-3)13-9(2)10(14)4-5-11(13)15/h4-5,7-8,16H,6H2,1-3H3. The second kappa shape index (κ2) is 4.37. The molecule has 17 heavy (non-hydrogen) atoms. The predicted octanol–water partition coefficient (Wildman–Crippen LogP) is 2.48. The van der Waals surface area contributed by atoms with Crippen molar-refractivity contribution in [2.24, 2.45) is 0 Å². The molecule has 2 aromatic rings. The molecule has 0 aliphatic carbocycles. The van der Waals surface area contributed by atoms with E-state index in [1.165, 1.54) is 6.07 Å². The fourth-order valence-electron chi connectivity index (χ4n) is 2.09. The van der Waals surface area contributed by atoms with Gasteiger partial charge in [0.2, 0.25) is 0 Å². The van der Waals surface area contributed by atoms with Crippen molar-refractivity contribution in [3.63, 3.8) is 0 Å². The molecule has 92 valence electrons. The number of methoxy groups -OCH3 is 1. The minimum Gasteiger partial charge on any atom is -0.495 e. The quantitative estimate of drug-likeness (QED) is 0.890. The van der Waals surface area contributed by atoms with Crippen LogP contribution in [0.1, 0.15) is 12.5 Å². The van der Waals surface area contributed by atoms with E-state index in [1.807, 2.05) is 4.57 Å². The minimum atomic E-state index is -0.458. The van der Waals surface area contributed by atoms with Gasteiger partial charge in [0.15, 0.2) is 0 Å². The summed E-state index contributed by atoms with van der Waals surface area (Å²) in [4.78, 5) is 0. The largest absolute Gasteiger partial charge is 0.495 e. The van der Waals surface area contributed by atoms with E-state index in [2.05, 4.69) is 0 Å². The Morgan fingerprint density at radius 2 is 2.18 bits per heavy atom. The zero-order valence-electron chi connectivity index (χ0n) is 10.2. The van der Waals surface area contributed by atoms with Gasteiger partial charge in [-0.25, -0.2) is 4.39 Å². The minimum absolute atomic E-state index is 0.245. The van der Waals surface area contributed by atoms with E-state index in [1.54, 1.807) is 33.2 Å². The second-order valence-electron chi connectivity index (χ2n) is 4.27. The van der Waals surface area contributed by atoms with Crippen LogP contribution in [0.15, 0.2) is 18.3 Å². The van der Waals surface area contributed by atoms with Crippen LogP contribution in [-0.4, -0.2) is 22.9 Å². The molecule has 4 heteroatoms. The fraction of sp³-hybridized carbons (Fsp3) is 0.385. The number of hydrogen-bond donors (Lipinski definition) is 1. The first-order chi connectivity index (χ1) is 8.04. The highest BCUT2D eigenvalue weighted by molar-refractivity contribution is 5.90. The number of halogens is 1. The molecule has 2 rings (SSSR count). The fourth-order valence-corrected chi connectivity index (χ4v) is 2.09. The van der Waals surface area contributed by atoms with Gasteiger partial charge in [0.1, 0.15) is 11.6 Å². The number of hydrogen-bond acceptors (Lipinski definition) is 2. The predicted molar refractivity (Wildman–Crippen MR) is 64.9 cm³/mol. The van der Waals surface area contributed by atoms with Gasteiger partial charge in [0.25, 0.3) is 0 Å². The molecule has 0 aliphatic heterocycles. The Bertz CT molecular complexity index is 546. The Balaban J connectivity index is 2.68. The Morgan fingerprint density at radius 1 is 1.47 bits per heavy atom. The molecule has 0 amide bonds. The monoisotopic (exact) mass is 237 g/mol. The maximum absolute atomic E-state index is 13.5. The van der Waals surface area contributed by atoms with E-state index in [-0.39, 0.29) is 5.82 Å². The van der Waals surface area contributed by atoms with Crippen LogP contribution in [0, 0.1) is 12.7 Å². The van der Waals surface area contributed by atoms with Gasteiger partial charge < -0.3 is 14.4 Å². The molecule has 0 radical (unpaired) electrons. The smallest absolute Gasteiger partial charge is 0.144 e. The molecule has 0 saturated heterocycles. The number of nitrogens with zero attached hydrogens (tertiary/aromatic N) is 1. The summed E-state index contributed by atoms with van der Waals surface area (Å²) in [6.07, 6.45) is 1.34. The number of aryl methyl sites for hydroxylation is 1. The van der Waals surface area contributed by atoms with Crippen molar-refractivity contribution in [1.82, 2.24) is 4.57 Å². The SMILES string of the molecule is COc1cn(CC(C)O)c2ccc(F)c(C)c12. The molecular weight excluding hydrogens is 221 g/mol. The summed E-state index contributed by atoms with van der Waals surface area (Å²) >= 11 is 0. The van der Waals surface area contributed by atoms with Crippen LogP contribution in [0.4, 0.5) is 4.39 Å². The van der Waals surface area contributed by atoms with Crippen LogP contribution in [0.25, 0.3) is 10.9 Å². The lowest BCUT2D eigenvalue weighted by Gasteiger charge is -2.07. The van der Waals surface area contributed by atoms with Gasteiger partial charge in [-0.15, -0.1) is 0 Å². The first-order valence-electron chi connectivity index (χ1n) is 5.54. The van der Waals surface area contributed by atoms with Crippen LogP contribution in [0.3, 0.4) is 0 Å².